The molecule has 3 rings (SSSR count). The van der Waals surface area contributed by atoms with Crippen molar-refractivity contribution in [2.45, 2.75) is 13.8 Å². The first kappa shape index (κ1) is 21.7. The molecule has 0 bridgehead atoms. The second-order valence-corrected chi connectivity index (χ2v) is 7.07. The molecule has 158 valence electrons. The Balaban J connectivity index is 1.86. The number of para-hydroxylation sites is 1. The number of amides is 2. The minimum Gasteiger partial charge on any atom is -0.427 e. The van der Waals surface area contributed by atoms with E-state index in [-0.39, 0.29) is 28.3 Å². The van der Waals surface area contributed by atoms with Crippen molar-refractivity contribution in [3.05, 3.63) is 65.2 Å². The van der Waals surface area contributed by atoms with Gasteiger partial charge in [0.2, 0.25) is 0 Å². The van der Waals surface area contributed by atoms with Crippen molar-refractivity contribution in [2.75, 3.05) is 10.6 Å². The van der Waals surface area contributed by atoms with Crippen molar-refractivity contribution in [1.82, 2.24) is 4.98 Å². The van der Waals surface area contributed by atoms with Gasteiger partial charge in [-0.15, -0.1) is 11.3 Å². The summed E-state index contributed by atoms with van der Waals surface area (Å²) in [5.74, 6) is -2.18. The highest BCUT2D eigenvalue weighted by atomic mass is 32.1. The number of anilines is 2. The molecule has 9 nitrogen and oxygen atoms in total. The van der Waals surface area contributed by atoms with Crippen LogP contribution in [0.1, 0.15) is 34.6 Å². The van der Waals surface area contributed by atoms with Crippen LogP contribution >= 0.6 is 11.3 Å². The van der Waals surface area contributed by atoms with Gasteiger partial charge in [-0.05, 0) is 24.3 Å². The summed E-state index contributed by atoms with van der Waals surface area (Å²) in [6.45, 7) is 2.41. The Morgan fingerprint density at radius 1 is 0.871 bits per heavy atom. The normalized spacial score (nSPS) is 10.1. The molecule has 0 saturated heterocycles. The van der Waals surface area contributed by atoms with Crippen LogP contribution in [-0.2, 0) is 9.59 Å². The molecule has 2 aromatic carbocycles. The van der Waals surface area contributed by atoms with E-state index in [0.29, 0.717) is 5.13 Å². The Kier molecular flexibility index (Phi) is 6.73. The largest absolute Gasteiger partial charge is 0.427 e. The van der Waals surface area contributed by atoms with Crippen LogP contribution in [0.25, 0.3) is 0 Å². The van der Waals surface area contributed by atoms with Crippen molar-refractivity contribution >= 4 is 45.9 Å². The standard InChI is InChI=1S/C21H17N3O6S/c1-12(25)29-15-9-14(10-16(11-15)30-13(2)26)19(27)23-18-6-4-3-5-17(18)20(28)24-21-22-7-8-31-21/h3-11H,1-2H3,(H,23,27)(H,22,24,28). The molecule has 31 heavy (non-hydrogen) atoms. The first-order valence-corrected chi connectivity index (χ1v) is 9.83. The quantitative estimate of drug-likeness (QED) is 0.445. The van der Waals surface area contributed by atoms with E-state index in [9.17, 15) is 19.2 Å². The molecule has 3 aromatic rings. The van der Waals surface area contributed by atoms with E-state index in [1.165, 1.54) is 43.4 Å². The van der Waals surface area contributed by atoms with Crippen molar-refractivity contribution < 1.29 is 28.7 Å². The maximum Gasteiger partial charge on any atom is 0.308 e. The van der Waals surface area contributed by atoms with E-state index in [1.807, 2.05) is 0 Å². The maximum atomic E-state index is 12.8. The lowest BCUT2D eigenvalue weighted by atomic mass is 10.1. The zero-order valence-electron chi connectivity index (χ0n) is 16.5. The summed E-state index contributed by atoms with van der Waals surface area (Å²) in [4.78, 5) is 52.0. The third-order valence-corrected chi connectivity index (χ3v) is 4.43. The second kappa shape index (κ2) is 9.63. The predicted octanol–water partition coefficient (Wildman–Crippen LogP) is 3.50. The van der Waals surface area contributed by atoms with E-state index in [1.54, 1.807) is 35.8 Å². The number of carbonyl (C=O) groups excluding carboxylic acids is 4. The fourth-order valence-electron chi connectivity index (χ4n) is 2.59. The highest BCUT2D eigenvalue weighted by Gasteiger charge is 2.17. The van der Waals surface area contributed by atoms with Gasteiger partial charge in [0, 0.05) is 37.1 Å². The molecule has 0 atom stereocenters. The Hall–Kier alpha value is -4.05. The van der Waals surface area contributed by atoms with Crippen molar-refractivity contribution in [3.8, 4) is 11.5 Å². The number of rotatable bonds is 6. The number of benzene rings is 2. The zero-order chi connectivity index (χ0) is 22.4. The molecule has 0 spiro atoms. The van der Waals surface area contributed by atoms with Gasteiger partial charge in [0.1, 0.15) is 11.5 Å². The monoisotopic (exact) mass is 439 g/mol. The molecule has 0 fully saturated rings. The Morgan fingerprint density at radius 2 is 1.52 bits per heavy atom. The summed E-state index contributed by atoms with van der Waals surface area (Å²) in [6.07, 6.45) is 1.56. The topological polar surface area (TPSA) is 124 Å². The summed E-state index contributed by atoms with van der Waals surface area (Å²) in [5, 5.41) is 7.45. The fourth-order valence-corrected chi connectivity index (χ4v) is 3.11. The third-order valence-electron chi connectivity index (χ3n) is 3.74. The molecule has 0 aliphatic carbocycles. The highest BCUT2D eigenvalue weighted by Crippen LogP contribution is 2.25. The molecule has 2 amide bonds. The number of hydrogen-bond donors (Lipinski definition) is 2. The predicted molar refractivity (Wildman–Crippen MR) is 114 cm³/mol. The summed E-state index contributed by atoms with van der Waals surface area (Å²) >= 11 is 1.26. The number of aromatic nitrogens is 1. The van der Waals surface area contributed by atoms with Crippen LogP contribution in [0.4, 0.5) is 10.8 Å². The average molecular weight is 439 g/mol. The van der Waals surface area contributed by atoms with Gasteiger partial charge in [0.15, 0.2) is 5.13 Å². The molecule has 2 N–H and O–H groups in total. The van der Waals surface area contributed by atoms with Crippen LogP contribution in [-0.4, -0.2) is 28.7 Å². The summed E-state index contributed by atoms with van der Waals surface area (Å²) in [5.41, 5.74) is 0.543. The first-order chi connectivity index (χ1) is 14.8. The third kappa shape index (κ3) is 5.97. The van der Waals surface area contributed by atoms with Crippen molar-refractivity contribution in [3.63, 3.8) is 0 Å². The molecule has 1 aromatic heterocycles. The Labute approximate surface area is 181 Å². The number of carbonyl (C=O) groups is 4. The van der Waals surface area contributed by atoms with Gasteiger partial charge in [-0.25, -0.2) is 4.98 Å². The van der Waals surface area contributed by atoms with E-state index < -0.39 is 23.8 Å². The van der Waals surface area contributed by atoms with Crippen molar-refractivity contribution in [1.29, 1.82) is 0 Å². The van der Waals surface area contributed by atoms with Crippen LogP contribution in [0.5, 0.6) is 11.5 Å². The van der Waals surface area contributed by atoms with E-state index in [0.717, 1.165) is 0 Å². The van der Waals surface area contributed by atoms with Crippen LogP contribution in [0.3, 0.4) is 0 Å². The van der Waals surface area contributed by atoms with Gasteiger partial charge in [0.25, 0.3) is 11.8 Å². The fraction of sp³-hybridized carbons (Fsp3) is 0.0952. The maximum absolute atomic E-state index is 12.8. The van der Waals surface area contributed by atoms with Crippen LogP contribution in [0.15, 0.2) is 54.0 Å². The molecule has 0 radical (unpaired) electrons. The van der Waals surface area contributed by atoms with Crippen LogP contribution in [0, 0.1) is 0 Å². The van der Waals surface area contributed by atoms with E-state index >= 15 is 0 Å². The van der Waals surface area contributed by atoms with E-state index in [2.05, 4.69) is 15.6 Å². The number of hydrogen-bond acceptors (Lipinski definition) is 8. The van der Waals surface area contributed by atoms with Gasteiger partial charge >= 0.3 is 11.9 Å². The van der Waals surface area contributed by atoms with Gasteiger partial charge in [0.05, 0.1) is 11.3 Å². The van der Waals surface area contributed by atoms with Gasteiger partial charge < -0.3 is 14.8 Å². The lowest BCUT2D eigenvalue weighted by molar-refractivity contribution is -0.132. The van der Waals surface area contributed by atoms with E-state index in [4.69, 9.17) is 9.47 Å². The van der Waals surface area contributed by atoms with Crippen LogP contribution in [0.2, 0.25) is 0 Å². The lowest BCUT2D eigenvalue weighted by Crippen LogP contribution is -2.18. The second-order valence-electron chi connectivity index (χ2n) is 6.17. The Bertz CT molecular complexity index is 1110. The molecule has 0 saturated carbocycles. The summed E-state index contributed by atoms with van der Waals surface area (Å²) in [7, 11) is 0. The molecule has 0 unspecified atom stereocenters. The van der Waals surface area contributed by atoms with Gasteiger partial charge in [-0.1, -0.05) is 12.1 Å². The van der Waals surface area contributed by atoms with Crippen LogP contribution < -0.4 is 20.1 Å². The number of ether oxygens (including phenoxy) is 2. The minimum atomic E-state index is -0.601. The number of nitrogens with zero attached hydrogens (tertiary/aromatic N) is 1. The number of thiazole rings is 1. The molecule has 10 heteroatoms. The van der Waals surface area contributed by atoms with Crippen molar-refractivity contribution in [2.24, 2.45) is 0 Å². The Morgan fingerprint density at radius 3 is 2.10 bits per heavy atom. The molecule has 1 heterocycles. The van der Waals surface area contributed by atoms with Gasteiger partial charge in [-0.3, -0.25) is 24.5 Å². The average Bonchev–Trinajstić information content (AvgIpc) is 3.20. The smallest absolute Gasteiger partial charge is 0.308 e. The molecular formula is C21H17N3O6S. The summed E-state index contributed by atoms with van der Waals surface area (Å²) < 4.78 is 10.0. The first-order valence-electron chi connectivity index (χ1n) is 8.95. The lowest BCUT2D eigenvalue weighted by Gasteiger charge is -2.12. The highest BCUT2D eigenvalue weighted by molar-refractivity contribution is 7.13. The summed E-state index contributed by atoms with van der Waals surface area (Å²) in [6, 6.07) is 10.4. The van der Waals surface area contributed by atoms with Gasteiger partial charge in [-0.2, -0.15) is 0 Å². The zero-order valence-corrected chi connectivity index (χ0v) is 17.3. The SMILES string of the molecule is CC(=O)Oc1cc(OC(C)=O)cc(C(=O)Nc2ccccc2C(=O)Nc2nccs2)c1. The molecule has 0 aliphatic rings. The minimum absolute atomic E-state index is 0.0335. The molecular weight excluding hydrogens is 422 g/mol. The number of nitrogens with one attached hydrogen (secondary N) is 2. The number of esters is 2. The molecule has 0 aliphatic heterocycles.